The Morgan fingerprint density at radius 2 is 1.87 bits per heavy atom. The first kappa shape index (κ1) is 24.4. The summed E-state index contributed by atoms with van der Waals surface area (Å²) in [6.07, 6.45) is 2.60. The number of hydrogen-bond donors (Lipinski definition) is 2. The topological polar surface area (TPSA) is 102 Å². The normalized spacial score (nSPS) is 11.4. The Morgan fingerprint density at radius 3 is 2.52 bits per heavy atom. The highest BCUT2D eigenvalue weighted by Crippen LogP contribution is 2.24. The van der Waals surface area contributed by atoms with Gasteiger partial charge in [-0.2, -0.15) is 5.10 Å². The maximum Gasteiger partial charge on any atom is 0.331 e. The van der Waals surface area contributed by atoms with E-state index in [0.29, 0.717) is 28.0 Å². The number of aryl methyl sites for hydroxylation is 1. The minimum Gasteiger partial charge on any atom is -0.452 e. The van der Waals surface area contributed by atoms with E-state index < -0.39 is 30.1 Å². The zero-order valence-corrected chi connectivity index (χ0v) is 19.2. The number of halogens is 2. The van der Waals surface area contributed by atoms with Gasteiger partial charge in [-0.3, -0.25) is 10.1 Å². The Balaban J connectivity index is 1.94. The highest BCUT2D eigenvalue weighted by atomic mass is 35.5. The van der Waals surface area contributed by atoms with E-state index in [1.165, 1.54) is 6.08 Å². The van der Waals surface area contributed by atoms with Gasteiger partial charge in [-0.1, -0.05) is 41.4 Å². The van der Waals surface area contributed by atoms with Gasteiger partial charge in [0, 0.05) is 22.2 Å². The van der Waals surface area contributed by atoms with E-state index in [2.05, 4.69) is 15.7 Å². The molecule has 0 aliphatic heterocycles. The lowest BCUT2D eigenvalue weighted by molar-refractivity contribution is -0.143. The lowest BCUT2D eigenvalue weighted by Gasteiger charge is -2.20. The number of benzene rings is 1. The van der Waals surface area contributed by atoms with E-state index in [-0.39, 0.29) is 0 Å². The fraction of sp³-hybridized carbons (Fsp3) is 0.333. The van der Waals surface area contributed by atoms with Crippen molar-refractivity contribution in [2.45, 2.75) is 39.8 Å². The molecule has 1 aromatic carbocycles. The number of amides is 3. The monoisotopic (exact) mass is 466 g/mol. The molecule has 3 amide bonds. The van der Waals surface area contributed by atoms with Crippen LogP contribution in [0.1, 0.15) is 37.6 Å². The summed E-state index contributed by atoms with van der Waals surface area (Å²) in [6, 6.07) is 6.68. The molecule has 0 aliphatic carbocycles. The van der Waals surface area contributed by atoms with Gasteiger partial charge in [-0.15, -0.1) is 0 Å². The van der Waals surface area contributed by atoms with Gasteiger partial charge in [-0.25, -0.2) is 14.3 Å². The molecule has 0 atom stereocenters. The number of urea groups is 1. The molecule has 8 nitrogen and oxygen atoms in total. The van der Waals surface area contributed by atoms with Gasteiger partial charge in [0.1, 0.15) is 5.15 Å². The number of aromatic nitrogens is 2. The van der Waals surface area contributed by atoms with Gasteiger partial charge in [0.25, 0.3) is 5.91 Å². The zero-order valence-electron chi connectivity index (χ0n) is 17.7. The highest BCUT2D eigenvalue weighted by Gasteiger charge is 2.17. The molecule has 31 heavy (non-hydrogen) atoms. The molecular weight excluding hydrogens is 443 g/mol. The number of nitrogens with zero attached hydrogens (tertiary/aromatic N) is 2. The van der Waals surface area contributed by atoms with Crippen molar-refractivity contribution in [2.75, 3.05) is 6.61 Å². The van der Waals surface area contributed by atoms with E-state index in [0.717, 1.165) is 11.6 Å². The second-order valence-corrected chi connectivity index (χ2v) is 8.50. The minimum absolute atomic E-state index is 0.332. The van der Waals surface area contributed by atoms with E-state index in [1.807, 2.05) is 18.2 Å². The predicted molar refractivity (Wildman–Crippen MR) is 119 cm³/mol. The van der Waals surface area contributed by atoms with Gasteiger partial charge in [0.05, 0.1) is 12.2 Å². The molecule has 0 unspecified atom stereocenters. The molecule has 2 aromatic rings. The molecule has 0 saturated carbocycles. The molecule has 0 bridgehead atoms. The molecule has 10 heteroatoms. The summed E-state index contributed by atoms with van der Waals surface area (Å²) >= 11 is 12.6. The molecule has 0 spiro atoms. The van der Waals surface area contributed by atoms with E-state index in [9.17, 15) is 14.4 Å². The van der Waals surface area contributed by atoms with Crippen molar-refractivity contribution >= 4 is 47.2 Å². The summed E-state index contributed by atoms with van der Waals surface area (Å²) in [5, 5.41) is 9.95. The van der Waals surface area contributed by atoms with Crippen molar-refractivity contribution < 1.29 is 19.1 Å². The molecule has 0 aliphatic rings. The SMILES string of the molecule is Cc1nn(Cc2ccccc2Cl)c(Cl)c1/C=C/C(=O)OCC(=O)NC(=O)NC(C)(C)C. The van der Waals surface area contributed by atoms with Crippen LogP contribution in [-0.2, 0) is 20.9 Å². The van der Waals surface area contributed by atoms with Crippen LogP contribution in [0.3, 0.4) is 0 Å². The Hall–Kier alpha value is -2.84. The van der Waals surface area contributed by atoms with Crippen molar-refractivity contribution in [1.29, 1.82) is 0 Å². The third-order valence-electron chi connectivity index (χ3n) is 3.86. The first-order chi connectivity index (χ1) is 14.5. The summed E-state index contributed by atoms with van der Waals surface area (Å²) in [6.45, 7) is 6.83. The molecule has 1 heterocycles. The van der Waals surface area contributed by atoms with Crippen molar-refractivity contribution in [2.24, 2.45) is 0 Å². The Kier molecular flexibility index (Phi) is 8.24. The van der Waals surface area contributed by atoms with Crippen molar-refractivity contribution in [3.63, 3.8) is 0 Å². The molecular formula is C21H24Cl2N4O4. The van der Waals surface area contributed by atoms with Crippen LogP contribution in [0.4, 0.5) is 4.79 Å². The summed E-state index contributed by atoms with van der Waals surface area (Å²) < 4.78 is 6.42. The molecule has 2 rings (SSSR count). The van der Waals surface area contributed by atoms with Crippen LogP contribution in [-0.4, -0.2) is 39.8 Å². The third-order valence-corrected chi connectivity index (χ3v) is 4.63. The number of imide groups is 1. The summed E-state index contributed by atoms with van der Waals surface area (Å²) in [4.78, 5) is 35.3. The number of hydrogen-bond acceptors (Lipinski definition) is 5. The van der Waals surface area contributed by atoms with Crippen LogP contribution in [0.25, 0.3) is 6.08 Å². The highest BCUT2D eigenvalue weighted by molar-refractivity contribution is 6.32. The van der Waals surface area contributed by atoms with Gasteiger partial charge in [0.15, 0.2) is 6.61 Å². The summed E-state index contributed by atoms with van der Waals surface area (Å²) in [5.74, 6) is -1.51. The largest absolute Gasteiger partial charge is 0.452 e. The standard InChI is InChI=1S/C21H24Cl2N4O4/c1-13-15(19(23)27(26-13)11-14-7-5-6-8-16(14)22)9-10-18(29)31-12-17(28)24-20(30)25-21(2,3)4/h5-10H,11-12H2,1-4H3,(H2,24,25,28,30)/b10-9+. The summed E-state index contributed by atoms with van der Waals surface area (Å²) in [7, 11) is 0. The van der Waals surface area contributed by atoms with Crippen LogP contribution in [0, 0.1) is 6.92 Å². The minimum atomic E-state index is -0.763. The molecule has 1 aromatic heterocycles. The predicted octanol–water partition coefficient (Wildman–Crippen LogP) is 3.73. The molecule has 0 saturated heterocycles. The van der Waals surface area contributed by atoms with Gasteiger partial charge < -0.3 is 10.1 Å². The van der Waals surface area contributed by atoms with Crippen molar-refractivity contribution in [3.8, 4) is 0 Å². The van der Waals surface area contributed by atoms with Crippen LogP contribution in [0.15, 0.2) is 30.3 Å². The lowest BCUT2D eigenvalue weighted by Crippen LogP contribution is -2.49. The average Bonchev–Trinajstić information content (AvgIpc) is 2.91. The number of rotatable bonds is 6. The molecule has 0 fully saturated rings. The van der Waals surface area contributed by atoms with Crippen molar-refractivity contribution in [1.82, 2.24) is 20.4 Å². The molecule has 2 N–H and O–H groups in total. The fourth-order valence-electron chi connectivity index (χ4n) is 2.52. The first-order valence-corrected chi connectivity index (χ1v) is 10.1. The first-order valence-electron chi connectivity index (χ1n) is 9.39. The third kappa shape index (κ3) is 7.73. The van der Waals surface area contributed by atoms with E-state index in [4.69, 9.17) is 27.9 Å². The maximum absolute atomic E-state index is 11.9. The second kappa shape index (κ2) is 10.5. The smallest absolute Gasteiger partial charge is 0.331 e. The number of carbonyl (C=O) groups is 3. The Bertz CT molecular complexity index is 1010. The zero-order chi connectivity index (χ0) is 23.2. The molecule has 0 radical (unpaired) electrons. The van der Waals surface area contributed by atoms with Gasteiger partial charge >= 0.3 is 12.0 Å². The number of carbonyl (C=O) groups excluding carboxylic acids is 3. The lowest BCUT2D eigenvalue weighted by atomic mass is 10.1. The van der Waals surface area contributed by atoms with E-state index in [1.54, 1.807) is 38.4 Å². The Morgan fingerprint density at radius 1 is 1.19 bits per heavy atom. The maximum atomic E-state index is 11.9. The van der Waals surface area contributed by atoms with Crippen LogP contribution < -0.4 is 10.6 Å². The number of nitrogens with one attached hydrogen (secondary N) is 2. The van der Waals surface area contributed by atoms with E-state index >= 15 is 0 Å². The van der Waals surface area contributed by atoms with Crippen LogP contribution in [0.5, 0.6) is 0 Å². The quantitative estimate of drug-likeness (QED) is 0.498. The summed E-state index contributed by atoms with van der Waals surface area (Å²) in [5.41, 5.74) is 1.50. The van der Waals surface area contributed by atoms with Crippen LogP contribution in [0.2, 0.25) is 10.2 Å². The van der Waals surface area contributed by atoms with Crippen molar-refractivity contribution in [3.05, 3.63) is 57.3 Å². The average molecular weight is 467 g/mol. The Labute approximate surface area is 190 Å². The van der Waals surface area contributed by atoms with Crippen LogP contribution >= 0.6 is 23.2 Å². The molecule has 166 valence electrons. The van der Waals surface area contributed by atoms with Gasteiger partial charge in [0.2, 0.25) is 0 Å². The van der Waals surface area contributed by atoms with Gasteiger partial charge in [-0.05, 0) is 45.4 Å². The fourth-order valence-corrected chi connectivity index (χ4v) is 3.01. The second-order valence-electron chi connectivity index (χ2n) is 7.73. The number of esters is 1. The number of ether oxygens (including phenoxy) is 1.